The van der Waals surface area contributed by atoms with Crippen molar-refractivity contribution in [2.75, 3.05) is 7.11 Å². The molecule has 0 bridgehead atoms. The Morgan fingerprint density at radius 3 is 2.35 bits per heavy atom. The Kier molecular flexibility index (Phi) is 8.35. The lowest BCUT2D eigenvalue weighted by molar-refractivity contribution is 0.414. The number of unbranched alkanes of at least 4 members (excludes halogenated alkanes) is 5. The lowest BCUT2D eigenvalue weighted by Gasteiger charge is -2.15. The van der Waals surface area contributed by atoms with Crippen LogP contribution in [0.15, 0.2) is 12.1 Å². The molecule has 4 heteroatoms. The van der Waals surface area contributed by atoms with E-state index in [4.69, 9.17) is 33.7 Å². The van der Waals surface area contributed by atoms with E-state index < -0.39 is 0 Å². The van der Waals surface area contributed by atoms with Gasteiger partial charge in [0, 0.05) is 17.1 Å². The summed E-state index contributed by atoms with van der Waals surface area (Å²) in [6.07, 6.45) is 8.51. The summed E-state index contributed by atoms with van der Waals surface area (Å²) in [6.45, 7) is 2.23. The first-order valence-corrected chi connectivity index (χ1v) is 8.14. The maximum atomic E-state index is 6.24. The summed E-state index contributed by atoms with van der Waals surface area (Å²) in [7, 11) is 1.58. The molecule has 0 aliphatic rings. The smallest absolute Gasteiger partial charge is 0.138 e. The maximum absolute atomic E-state index is 6.24. The third-order valence-corrected chi connectivity index (χ3v) is 4.16. The molecule has 1 unspecified atom stereocenters. The fraction of sp³-hybridized carbons (Fsp3) is 0.625. The van der Waals surface area contributed by atoms with Gasteiger partial charge in [0.05, 0.1) is 12.1 Å². The Hall–Kier alpha value is -0.440. The third kappa shape index (κ3) is 5.51. The molecule has 1 atom stereocenters. The molecule has 1 aromatic rings. The topological polar surface area (TPSA) is 35.2 Å². The van der Waals surface area contributed by atoms with Crippen LogP contribution in [0.5, 0.6) is 5.75 Å². The molecule has 2 nitrogen and oxygen atoms in total. The Morgan fingerprint density at radius 1 is 1.05 bits per heavy atom. The molecule has 1 rings (SSSR count). The number of halogens is 2. The molecule has 0 spiro atoms. The monoisotopic (exact) mass is 317 g/mol. The lowest BCUT2D eigenvalue weighted by atomic mass is 10.00. The average molecular weight is 318 g/mol. The lowest BCUT2D eigenvalue weighted by Crippen LogP contribution is -2.11. The molecule has 0 saturated heterocycles. The number of ether oxygens (including phenoxy) is 1. The second-order valence-electron chi connectivity index (χ2n) is 5.17. The first kappa shape index (κ1) is 17.6. The molecule has 0 aliphatic heterocycles. The summed E-state index contributed by atoms with van der Waals surface area (Å²) in [5, 5.41) is 1.19. The largest absolute Gasteiger partial charge is 0.495 e. The first-order chi connectivity index (χ1) is 9.60. The van der Waals surface area contributed by atoms with E-state index in [1.165, 1.54) is 32.1 Å². The molecule has 1 aromatic carbocycles. The van der Waals surface area contributed by atoms with E-state index in [2.05, 4.69) is 6.92 Å². The van der Waals surface area contributed by atoms with Crippen molar-refractivity contribution in [2.24, 2.45) is 5.73 Å². The van der Waals surface area contributed by atoms with E-state index in [0.29, 0.717) is 15.8 Å². The van der Waals surface area contributed by atoms with Crippen LogP contribution in [-0.2, 0) is 0 Å². The van der Waals surface area contributed by atoms with E-state index in [1.807, 2.05) is 6.07 Å². The SMILES string of the molecule is CCCCCCCCC(N)c1cc(Cl)c(OC)cc1Cl. The second kappa shape index (κ2) is 9.49. The predicted molar refractivity (Wildman–Crippen MR) is 87.9 cm³/mol. The van der Waals surface area contributed by atoms with Crippen molar-refractivity contribution >= 4 is 23.2 Å². The van der Waals surface area contributed by atoms with Crippen LogP contribution in [0.1, 0.15) is 63.5 Å². The summed E-state index contributed by atoms with van der Waals surface area (Å²) in [4.78, 5) is 0. The second-order valence-corrected chi connectivity index (χ2v) is 5.99. The van der Waals surface area contributed by atoms with Gasteiger partial charge in [-0.05, 0) is 18.1 Å². The molecule has 0 fully saturated rings. The van der Waals surface area contributed by atoms with E-state index >= 15 is 0 Å². The Morgan fingerprint density at radius 2 is 1.70 bits per heavy atom. The first-order valence-electron chi connectivity index (χ1n) is 7.38. The number of methoxy groups -OCH3 is 1. The van der Waals surface area contributed by atoms with Crippen LogP contribution in [0.25, 0.3) is 0 Å². The van der Waals surface area contributed by atoms with Gasteiger partial charge in [-0.25, -0.2) is 0 Å². The Bertz CT molecular complexity index is 410. The summed E-state index contributed by atoms with van der Waals surface area (Å²) < 4.78 is 5.14. The molecule has 114 valence electrons. The Balaban J connectivity index is 2.47. The molecule has 20 heavy (non-hydrogen) atoms. The molecule has 0 aromatic heterocycles. The molecule has 0 aliphatic carbocycles. The highest BCUT2D eigenvalue weighted by molar-refractivity contribution is 6.34. The predicted octanol–water partition coefficient (Wildman–Crippen LogP) is 5.75. The maximum Gasteiger partial charge on any atom is 0.138 e. The highest BCUT2D eigenvalue weighted by Gasteiger charge is 2.13. The van der Waals surface area contributed by atoms with Gasteiger partial charge < -0.3 is 10.5 Å². The van der Waals surface area contributed by atoms with E-state index in [9.17, 15) is 0 Å². The van der Waals surface area contributed by atoms with Gasteiger partial charge in [-0.15, -0.1) is 0 Å². The fourth-order valence-electron chi connectivity index (χ4n) is 2.28. The molecule has 0 saturated carbocycles. The number of nitrogens with two attached hydrogens (primary N) is 1. The van der Waals surface area contributed by atoms with Crippen molar-refractivity contribution in [1.82, 2.24) is 0 Å². The van der Waals surface area contributed by atoms with Crippen molar-refractivity contribution in [2.45, 2.75) is 57.9 Å². The molecule has 2 N–H and O–H groups in total. The number of hydrogen-bond donors (Lipinski definition) is 1. The zero-order valence-electron chi connectivity index (χ0n) is 12.4. The fourth-order valence-corrected chi connectivity index (χ4v) is 2.83. The number of benzene rings is 1. The van der Waals surface area contributed by atoms with Crippen LogP contribution in [0, 0.1) is 0 Å². The molecule has 0 heterocycles. The van der Waals surface area contributed by atoms with Crippen molar-refractivity contribution in [1.29, 1.82) is 0 Å². The van der Waals surface area contributed by atoms with Crippen LogP contribution < -0.4 is 10.5 Å². The highest BCUT2D eigenvalue weighted by atomic mass is 35.5. The van der Waals surface area contributed by atoms with Crippen LogP contribution in [0.2, 0.25) is 10.0 Å². The minimum absolute atomic E-state index is 0.0583. The van der Waals surface area contributed by atoms with Crippen molar-refractivity contribution in [3.8, 4) is 5.75 Å². The molecular formula is C16H25Cl2NO. The van der Waals surface area contributed by atoms with Crippen LogP contribution in [0.3, 0.4) is 0 Å². The molecule has 0 radical (unpaired) electrons. The average Bonchev–Trinajstić information content (AvgIpc) is 2.44. The third-order valence-electron chi connectivity index (χ3n) is 3.54. The Labute approximate surface area is 132 Å². The van der Waals surface area contributed by atoms with Crippen LogP contribution >= 0.6 is 23.2 Å². The van der Waals surface area contributed by atoms with Gasteiger partial charge >= 0.3 is 0 Å². The minimum Gasteiger partial charge on any atom is -0.495 e. The summed E-state index contributed by atoms with van der Waals surface area (Å²) in [6, 6.07) is 3.50. The standard InChI is InChI=1S/C16H25Cl2NO/c1-3-4-5-6-7-8-9-15(19)12-10-14(18)16(20-2)11-13(12)17/h10-11,15H,3-9,19H2,1-2H3. The van der Waals surface area contributed by atoms with Gasteiger partial charge in [0.25, 0.3) is 0 Å². The van der Waals surface area contributed by atoms with Crippen LogP contribution in [0.4, 0.5) is 0 Å². The van der Waals surface area contributed by atoms with Gasteiger partial charge in [-0.2, -0.15) is 0 Å². The normalized spacial score (nSPS) is 12.4. The zero-order valence-corrected chi connectivity index (χ0v) is 13.9. The number of hydrogen-bond acceptors (Lipinski definition) is 2. The minimum atomic E-state index is -0.0583. The zero-order chi connectivity index (χ0) is 15.0. The van der Waals surface area contributed by atoms with Gasteiger partial charge in [-0.3, -0.25) is 0 Å². The molecular weight excluding hydrogens is 293 g/mol. The van der Waals surface area contributed by atoms with Crippen LogP contribution in [-0.4, -0.2) is 7.11 Å². The van der Waals surface area contributed by atoms with E-state index in [-0.39, 0.29) is 6.04 Å². The van der Waals surface area contributed by atoms with Gasteiger partial charge in [0.1, 0.15) is 5.75 Å². The summed E-state index contributed by atoms with van der Waals surface area (Å²) >= 11 is 12.4. The number of rotatable bonds is 9. The van der Waals surface area contributed by atoms with E-state index in [0.717, 1.165) is 18.4 Å². The van der Waals surface area contributed by atoms with Crippen molar-refractivity contribution in [3.63, 3.8) is 0 Å². The van der Waals surface area contributed by atoms with Crippen molar-refractivity contribution in [3.05, 3.63) is 27.7 Å². The van der Waals surface area contributed by atoms with Gasteiger partial charge in [0.15, 0.2) is 0 Å². The molecule has 0 amide bonds. The van der Waals surface area contributed by atoms with Gasteiger partial charge in [-0.1, -0.05) is 68.7 Å². The van der Waals surface area contributed by atoms with Gasteiger partial charge in [0.2, 0.25) is 0 Å². The highest BCUT2D eigenvalue weighted by Crippen LogP contribution is 2.34. The summed E-state index contributed by atoms with van der Waals surface area (Å²) in [5.41, 5.74) is 7.12. The quantitative estimate of drug-likeness (QED) is 0.588. The van der Waals surface area contributed by atoms with Crippen molar-refractivity contribution < 1.29 is 4.74 Å². The van der Waals surface area contributed by atoms with E-state index in [1.54, 1.807) is 13.2 Å². The summed E-state index contributed by atoms with van der Waals surface area (Å²) in [5.74, 6) is 0.590.